The van der Waals surface area contributed by atoms with Gasteiger partial charge in [0.25, 0.3) is 0 Å². The molecule has 6 heteroatoms. The van der Waals surface area contributed by atoms with Crippen molar-refractivity contribution in [3.8, 4) is 0 Å². The van der Waals surface area contributed by atoms with Crippen LogP contribution in [-0.4, -0.2) is 47.1 Å². The van der Waals surface area contributed by atoms with Crippen molar-refractivity contribution < 1.29 is 9.53 Å². The predicted molar refractivity (Wildman–Crippen MR) is 93.9 cm³/mol. The highest BCUT2D eigenvalue weighted by molar-refractivity contribution is 5.79. The number of fused-ring (bicyclic) bond motifs is 1. The van der Waals surface area contributed by atoms with E-state index in [0.717, 1.165) is 76.1 Å². The van der Waals surface area contributed by atoms with Gasteiger partial charge in [-0.2, -0.15) is 0 Å². The number of hydrogen-bond donors (Lipinski definition) is 1. The lowest BCUT2D eigenvalue weighted by Crippen LogP contribution is -2.38. The van der Waals surface area contributed by atoms with E-state index in [1.54, 1.807) is 7.11 Å². The minimum atomic E-state index is 0.0628. The molecule has 136 valence electrons. The molecule has 1 aromatic rings. The third-order valence-electron chi connectivity index (χ3n) is 6.02. The van der Waals surface area contributed by atoms with Gasteiger partial charge in [0.2, 0.25) is 5.91 Å². The van der Waals surface area contributed by atoms with E-state index in [9.17, 15) is 4.79 Å². The molecule has 25 heavy (non-hydrogen) atoms. The smallest absolute Gasteiger partial charge is 0.226 e. The van der Waals surface area contributed by atoms with Crippen molar-refractivity contribution in [2.45, 2.75) is 63.6 Å². The molecule has 0 aromatic carbocycles. The molecule has 0 radical (unpaired) electrons. The Morgan fingerprint density at radius 1 is 1.28 bits per heavy atom. The van der Waals surface area contributed by atoms with Crippen molar-refractivity contribution in [1.82, 2.24) is 20.2 Å². The van der Waals surface area contributed by atoms with Gasteiger partial charge in [0.15, 0.2) is 5.82 Å². The van der Waals surface area contributed by atoms with Crippen LogP contribution in [0.4, 0.5) is 0 Å². The van der Waals surface area contributed by atoms with Crippen LogP contribution < -0.4 is 5.32 Å². The van der Waals surface area contributed by atoms with Crippen molar-refractivity contribution in [3.05, 3.63) is 23.3 Å². The third kappa shape index (κ3) is 3.42. The molecule has 1 amide bonds. The molecule has 4 rings (SSSR count). The fraction of sp³-hybridized carbons (Fsp3) is 0.737. The second kappa shape index (κ2) is 7.38. The first-order chi connectivity index (χ1) is 12.3. The maximum absolute atomic E-state index is 13.1. The molecule has 3 aliphatic rings. The zero-order valence-electron chi connectivity index (χ0n) is 15.0. The van der Waals surface area contributed by atoms with Crippen molar-refractivity contribution >= 4 is 5.91 Å². The first-order valence-corrected chi connectivity index (χ1v) is 9.65. The third-order valence-corrected chi connectivity index (χ3v) is 6.02. The molecule has 3 heterocycles. The predicted octanol–water partition coefficient (Wildman–Crippen LogP) is 1.99. The molecular formula is C19H28N4O2. The maximum atomic E-state index is 13.1. The molecule has 1 saturated heterocycles. The summed E-state index contributed by atoms with van der Waals surface area (Å²) in [5.74, 6) is 1.30. The van der Waals surface area contributed by atoms with Gasteiger partial charge in [-0.25, -0.2) is 9.97 Å². The summed E-state index contributed by atoms with van der Waals surface area (Å²) < 4.78 is 5.44. The number of nitrogens with zero attached hydrogens (tertiary/aromatic N) is 3. The molecule has 2 fully saturated rings. The summed E-state index contributed by atoms with van der Waals surface area (Å²) in [7, 11) is 1.77. The van der Waals surface area contributed by atoms with Gasteiger partial charge in [0.05, 0.1) is 12.1 Å². The van der Waals surface area contributed by atoms with Crippen molar-refractivity contribution in [3.63, 3.8) is 0 Å². The van der Waals surface area contributed by atoms with E-state index >= 15 is 0 Å². The lowest BCUT2D eigenvalue weighted by Gasteiger charge is -2.32. The Labute approximate surface area is 149 Å². The molecule has 0 unspecified atom stereocenters. The largest absolute Gasteiger partial charge is 0.381 e. The second-order valence-corrected chi connectivity index (χ2v) is 7.53. The summed E-state index contributed by atoms with van der Waals surface area (Å²) in [6.45, 7) is 2.67. The molecular weight excluding hydrogens is 316 g/mol. The topological polar surface area (TPSA) is 67.3 Å². The second-order valence-electron chi connectivity index (χ2n) is 7.53. The zero-order chi connectivity index (χ0) is 17.2. The van der Waals surface area contributed by atoms with Crippen molar-refractivity contribution in [2.24, 2.45) is 5.92 Å². The Bertz CT molecular complexity index is 628. The van der Waals surface area contributed by atoms with Gasteiger partial charge >= 0.3 is 0 Å². The Hall–Kier alpha value is -1.53. The zero-order valence-corrected chi connectivity index (χ0v) is 15.0. The van der Waals surface area contributed by atoms with E-state index in [0.29, 0.717) is 12.0 Å². The number of carbonyl (C=O) groups is 1. The Morgan fingerprint density at radius 2 is 2.12 bits per heavy atom. The summed E-state index contributed by atoms with van der Waals surface area (Å²) in [4.78, 5) is 24.6. The van der Waals surface area contributed by atoms with Crippen LogP contribution in [0.15, 0.2) is 6.20 Å². The van der Waals surface area contributed by atoms with Gasteiger partial charge in [0.1, 0.15) is 0 Å². The van der Waals surface area contributed by atoms with Crippen LogP contribution in [0.1, 0.15) is 61.6 Å². The number of aromatic nitrogens is 2. The van der Waals surface area contributed by atoms with Crippen LogP contribution >= 0.6 is 0 Å². The number of nitrogens with one attached hydrogen (secondary N) is 1. The van der Waals surface area contributed by atoms with Gasteiger partial charge in [-0.15, -0.1) is 0 Å². The quantitative estimate of drug-likeness (QED) is 0.908. The summed E-state index contributed by atoms with van der Waals surface area (Å²) in [5.41, 5.74) is 2.35. The van der Waals surface area contributed by atoms with Crippen molar-refractivity contribution in [1.29, 1.82) is 0 Å². The molecule has 1 aliphatic carbocycles. The highest BCUT2D eigenvalue weighted by Crippen LogP contribution is 2.35. The molecule has 1 saturated carbocycles. The Kier molecular flexibility index (Phi) is 4.99. The Balaban J connectivity index is 1.48. The van der Waals surface area contributed by atoms with Crippen LogP contribution in [0.5, 0.6) is 0 Å². The average Bonchev–Trinajstić information content (AvgIpc) is 3.17. The van der Waals surface area contributed by atoms with Gasteiger partial charge in [-0.1, -0.05) is 0 Å². The number of methoxy groups -OCH3 is 1. The SMILES string of the molecule is COC1CCC(C(=O)N2CCC[C@@H]2c2ncc3c(n2)CCNC3)CC1. The van der Waals surface area contributed by atoms with Gasteiger partial charge in [0, 0.05) is 56.5 Å². The van der Waals surface area contributed by atoms with Crippen LogP contribution in [-0.2, 0) is 22.5 Å². The summed E-state index contributed by atoms with van der Waals surface area (Å²) >= 11 is 0. The first-order valence-electron chi connectivity index (χ1n) is 9.65. The van der Waals surface area contributed by atoms with E-state index < -0.39 is 0 Å². The lowest BCUT2D eigenvalue weighted by molar-refractivity contribution is -0.138. The highest BCUT2D eigenvalue weighted by atomic mass is 16.5. The van der Waals surface area contributed by atoms with Crippen LogP contribution in [0.3, 0.4) is 0 Å². The standard InChI is InChI=1S/C19H28N4O2/c1-25-15-6-4-13(5-7-15)19(24)23-10-2-3-17(23)18-21-12-14-11-20-9-8-16(14)22-18/h12-13,15,17,20H,2-11H2,1H3/t13?,15?,17-/m1/s1. The molecule has 1 N–H and O–H groups in total. The number of hydrogen-bond acceptors (Lipinski definition) is 5. The molecule has 0 bridgehead atoms. The average molecular weight is 344 g/mol. The first kappa shape index (κ1) is 16.9. The van der Waals surface area contributed by atoms with Gasteiger partial charge < -0.3 is 15.0 Å². The van der Waals surface area contributed by atoms with E-state index in [2.05, 4.69) is 15.2 Å². The number of likely N-dealkylation sites (tertiary alicyclic amines) is 1. The van der Waals surface area contributed by atoms with Crippen molar-refractivity contribution in [2.75, 3.05) is 20.2 Å². The van der Waals surface area contributed by atoms with E-state index in [4.69, 9.17) is 9.72 Å². The molecule has 0 spiro atoms. The van der Waals surface area contributed by atoms with Crippen LogP contribution in [0.25, 0.3) is 0 Å². The fourth-order valence-corrected chi connectivity index (χ4v) is 4.49. The summed E-state index contributed by atoms with van der Waals surface area (Å²) in [5, 5.41) is 3.35. The van der Waals surface area contributed by atoms with Crippen LogP contribution in [0, 0.1) is 5.92 Å². The fourth-order valence-electron chi connectivity index (χ4n) is 4.49. The van der Waals surface area contributed by atoms with Gasteiger partial charge in [-0.05, 0) is 38.5 Å². The number of carbonyl (C=O) groups excluding carboxylic acids is 1. The Morgan fingerprint density at radius 3 is 2.92 bits per heavy atom. The minimum Gasteiger partial charge on any atom is -0.381 e. The summed E-state index contributed by atoms with van der Waals surface area (Å²) in [6, 6.07) is 0.0628. The van der Waals surface area contributed by atoms with E-state index in [1.165, 1.54) is 5.56 Å². The highest BCUT2D eigenvalue weighted by Gasteiger charge is 2.37. The molecule has 1 atom stereocenters. The number of rotatable bonds is 3. The van der Waals surface area contributed by atoms with Crippen LogP contribution in [0.2, 0.25) is 0 Å². The molecule has 6 nitrogen and oxygen atoms in total. The lowest BCUT2D eigenvalue weighted by atomic mass is 9.86. The monoisotopic (exact) mass is 344 g/mol. The van der Waals surface area contributed by atoms with E-state index in [-0.39, 0.29) is 12.0 Å². The normalized spacial score (nSPS) is 29.5. The maximum Gasteiger partial charge on any atom is 0.226 e. The molecule has 1 aromatic heterocycles. The molecule has 2 aliphatic heterocycles. The number of amides is 1. The minimum absolute atomic E-state index is 0.0628. The van der Waals surface area contributed by atoms with Gasteiger partial charge in [-0.3, -0.25) is 4.79 Å². The van der Waals surface area contributed by atoms with E-state index in [1.807, 2.05) is 6.20 Å². The number of ether oxygens (including phenoxy) is 1. The summed E-state index contributed by atoms with van der Waals surface area (Å²) in [6.07, 6.45) is 9.13.